The Labute approximate surface area is 218 Å². The summed E-state index contributed by atoms with van der Waals surface area (Å²) in [6, 6.07) is 9.81. The van der Waals surface area contributed by atoms with Crippen LogP contribution >= 0.6 is 23.2 Å². The molecule has 0 saturated heterocycles. The van der Waals surface area contributed by atoms with Crippen molar-refractivity contribution in [1.82, 2.24) is 10.2 Å². The number of amides is 2. The summed E-state index contributed by atoms with van der Waals surface area (Å²) >= 11 is 12.3. The zero-order chi connectivity index (χ0) is 26.3. The Balaban J connectivity index is 2.26. The minimum atomic E-state index is -3.56. The zero-order valence-electron chi connectivity index (χ0n) is 20.8. The standard InChI is InChI=1S/C25H33Cl2N3O4S/c1-6-22(25(32)28-4)29(16-19-12-13-20(26)15-21(19)27)24(31)11-8-14-30(35(5,33)34)23-10-7-9-17(2)18(23)3/h7,9-10,12-13,15,22H,6,8,11,14,16H2,1-5H3,(H,28,32)/t22-/m0/s1. The molecule has 2 aromatic carbocycles. The number of likely N-dealkylation sites (N-methyl/N-ethyl adjacent to an activating group) is 1. The van der Waals surface area contributed by atoms with Gasteiger partial charge >= 0.3 is 0 Å². The van der Waals surface area contributed by atoms with E-state index in [-0.39, 0.29) is 37.7 Å². The fourth-order valence-corrected chi connectivity index (χ4v) is 5.39. The minimum Gasteiger partial charge on any atom is -0.357 e. The monoisotopic (exact) mass is 541 g/mol. The zero-order valence-corrected chi connectivity index (χ0v) is 23.1. The van der Waals surface area contributed by atoms with Gasteiger partial charge in [-0.25, -0.2) is 8.42 Å². The van der Waals surface area contributed by atoms with E-state index in [1.54, 1.807) is 24.3 Å². The molecule has 0 unspecified atom stereocenters. The number of carbonyl (C=O) groups excluding carboxylic acids is 2. The van der Waals surface area contributed by atoms with Gasteiger partial charge in [0.25, 0.3) is 0 Å². The van der Waals surface area contributed by atoms with Crippen LogP contribution in [-0.2, 0) is 26.2 Å². The van der Waals surface area contributed by atoms with Gasteiger partial charge in [-0.15, -0.1) is 0 Å². The molecule has 0 aliphatic carbocycles. The molecule has 7 nitrogen and oxygen atoms in total. The summed E-state index contributed by atoms with van der Waals surface area (Å²) < 4.78 is 26.4. The number of carbonyl (C=O) groups is 2. The average Bonchev–Trinajstić information content (AvgIpc) is 2.79. The topological polar surface area (TPSA) is 86.8 Å². The van der Waals surface area contributed by atoms with Crippen molar-refractivity contribution >= 4 is 50.7 Å². The second-order valence-electron chi connectivity index (χ2n) is 8.45. The lowest BCUT2D eigenvalue weighted by atomic mass is 10.1. The highest BCUT2D eigenvalue weighted by atomic mass is 35.5. The van der Waals surface area contributed by atoms with Crippen LogP contribution in [0.2, 0.25) is 10.0 Å². The maximum atomic E-state index is 13.3. The lowest BCUT2D eigenvalue weighted by Crippen LogP contribution is -2.48. The van der Waals surface area contributed by atoms with E-state index < -0.39 is 16.1 Å². The van der Waals surface area contributed by atoms with Gasteiger partial charge in [-0.05, 0) is 61.6 Å². The molecule has 1 atom stereocenters. The molecule has 0 fully saturated rings. The van der Waals surface area contributed by atoms with Gasteiger partial charge in [-0.3, -0.25) is 13.9 Å². The van der Waals surface area contributed by atoms with E-state index in [9.17, 15) is 18.0 Å². The molecule has 0 heterocycles. The van der Waals surface area contributed by atoms with Gasteiger partial charge in [0.1, 0.15) is 6.04 Å². The third-order valence-electron chi connectivity index (χ3n) is 5.99. The van der Waals surface area contributed by atoms with E-state index in [0.717, 1.165) is 17.4 Å². The Hall–Kier alpha value is -2.29. The van der Waals surface area contributed by atoms with Crippen molar-refractivity contribution in [3.63, 3.8) is 0 Å². The van der Waals surface area contributed by atoms with Crippen LogP contribution < -0.4 is 9.62 Å². The second kappa shape index (κ2) is 12.6. The molecule has 0 radical (unpaired) electrons. The van der Waals surface area contributed by atoms with Crippen LogP contribution in [0.25, 0.3) is 0 Å². The number of aryl methyl sites for hydroxylation is 1. The first-order chi connectivity index (χ1) is 16.4. The third kappa shape index (κ3) is 7.59. The molecule has 1 N–H and O–H groups in total. The highest BCUT2D eigenvalue weighted by Crippen LogP contribution is 2.26. The first kappa shape index (κ1) is 28.9. The Morgan fingerprint density at radius 2 is 1.80 bits per heavy atom. The molecule has 2 rings (SSSR count). The van der Waals surface area contributed by atoms with Crippen molar-refractivity contribution in [2.75, 3.05) is 24.2 Å². The minimum absolute atomic E-state index is 0.0651. The van der Waals surface area contributed by atoms with Crippen LogP contribution in [0.1, 0.15) is 42.9 Å². The molecule has 0 bridgehead atoms. The highest BCUT2D eigenvalue weighted by molar-refractivity contribution is 7.92. The summed E-state index contributed by atoms with van der Waals surface area (Å²) in [6.45, 7) is 5.90. The van der Waals surface area contributed by atoms with Crippen LogP contribution in [0, 0.1) is 13.8 Å². The summed E-state index contributed by atoms with van der Waals surface area (Å²) in [7, 11) is -2.03. The first-order valence-electron chi connectivity index (χ1n) is 11.4. The number of hydrogen-bond donors (Lipinski definition) is 1. The lowest BCUT2D eigenvalue weighted by molar-refractivity contribution is -0.141. The SMILES string of the molecule is CC[C@@H](C(=O)NC)N(Cc1ccc(Cl)cc1Cl)C(=O)CCCN(c1cccc(C)c1C)S(C)(=O)=O. The van der Waals surface area contributed by atoms with Crippen LogP contribution in [0.3, 0.4) is 0 Å². The number of anilines is 1. The van der Waals surface area contributed by atoms with E-state index in [1.807, 2.05) is 32.9 Å². The number of rotatable bonds is 11. The fourth-order valence-electron chi connectivity index (χ4n) is 3.91. The Morgan fingerprint density at radius 1 is 1.11 bits per heavy atom. The summed E-state index contributed by atoms with van der Waals surface area (Å²) in [4.78, 5) is 27.4. The predicted molar refractivity (Wildman–Crippen MR) is 142 cm³/mol. The summed E-state index contributed by atoms with van der Waals surface area (Å²) in [6.07, 6.45) is 1.92. The number of nitrogens with zero attached hydrogens (tertiary/aromatic N) is 2. The van der Waals surface area contributed by atoms with Gasteiger partial charge in [0.15, 0.2) is 0 Å². The maximum absolute atomic E-state index is 13.3. The Bertz CT molecular complexity index is 1170. The van der Waals surface area contributed by atoms with E-state index in [2.05, 4.69) is 5.32 Å². The van der Waals surface area contributed by atoms with Crippen LogP contribution in [0.5, 0.6) is 0 Å². The van der Waals surface area contributed by atoms with E-state index in [0.29, 0.717) is 27.7 Å². The average molecular weight is 543 g/mol. The molecule has 0 aliphatic rings. The molecule has 10 heteroatoms. The number of hydrogen-bond acceptors (Lipinski definition) is 4. The fraction of sp³-hybridized carbons (Fsp3) is 0.440. The quantitative estimate of drug-likeness (QED) is 0.446. The molecule has 0 saturated carbocycles. The van der Waals surface area contributed by atoms with E-state index >= 15 is 0 Å². The van der Waals surface area contributed by atoms with Crippen LogP contribution in [-0.4, -0.2) is 51.0 Å². The van der Waals surface area contributed by atoms with Gasteiger partial charge in [0, 0.05) is 36.6 Å². The van der Waals surface area contributed by atoms with Crippen molar-refractivity contribution in [2.24, 2.45) is 0 Å². The Kier molecular flexibility index (Phi) is 10.4. The third-order valence-corrected chi connectivity index (χ3v) is 7.75. The van der Waals surface area contributed by atoms with Gasteiger partial charge in [-0.2, -0.15) is 0 Å². The summed E-state index contributed by atoms with van der Waals surface area (Å²) in [5.41, 5.74) is 3.12. The van der Waals surface area contributed by atoms with Crippen LogP contribution in [0.4, 0.5) is 5.69 Å². The molecule has 2 aromatic rings. The summed E-state index contributed by atoms with van der Waals surface area (Å²) in [5.74, 6) is -0.542. The van der Waals surface area contributed by atoms with Crippen molar-refractivity contribution in [1.29, 1.82) is 0 Å². The van der Waals surface area contributed by atoms with Crippen LogP contribution in [0.15, 0.2) is 36.4 Å². The molecule has 35 heavy (non-hydrogen) atoms. The van der Waals surface area contributed by atoms with Gasteiger partial charge in [0.2, 0.25) is 21.8 Å². The number of nitrogens with one attached hydrogen (secondary N) is 1. The summed E-state index contributed by atoms with van der Waals surface area (Å²) in [5, 5.41) is 3.49. The molecular weight excluding hydrogens is 509 g/mol. The number of sulfonamides is 1. The number of benzene rings is 2. The van der Waals surface area contributed by atoms with Crippen molar-refractivity contribution in [3.8, 4) is 0 Å². The second-order valence-corrected chi connectivity index (χ2v) is 11.2. The molecule has 0 aliphatic heterocycles. The van der Waals surface area contributed by atoms with E-state index in [4.69, 9.17) is 23.2 Å². The van der Waals surface area contributed by atoms with Gasteiger partial charge in [-0.1, -0.05) is 48.3 Å². The van der Waals surface area contributed by atoms with Gasteiger partial charge < -0.3 is 10.2 Å². The number of halogens is 2. The lowest BCUT2D eigenvalue weighted by Gasteiger charge is -2.31. The molecule has 0 spiro atoms. The Morgan fingerprint density at radius 3 is 2.37 bits per heavy atom. The van der Waals surface area contributed by atoms with Crippen molar-refractivity contribution in [3.05, 3.63) is 63.1 Å². The molecule has 192 valence electrons. The largest absolute Gasteiger partial charge is 0.357 e. The van der Waals surface area contributed by atoms with Gasteiger partial charge in [0.05, 0.1) is 11.9 Å². The van der Waals surface area contributed by atoms with Crippen molar-refractivity contribution in [2.45, 2.75) is 52.6 Å². The highest BCUT2D eigenvalue weighted by Gasteiger charge is 2.29. The smallest absolute Gasteiger partial charge is 0.242 e. The molecular formula is C25H33Cl2N3O4S. The molecule has 0 aromatic heterocycles. The van der Waals surface area contributed by atoms with Crippen molar-refractivity contribution < 1.29 is 18.0 Å². The predicted octanol–water partition coefficient (Wildman–Crippen LogP) is 4.71. The van der Waals surface area contributed by atoms with E-state index in [1.165, 1.54) is 16.3 Å². The normalized spacial score (nSPS) is 12.2. The molecule has 2 amide bonds. The first-order valence-corrected chi connectivity index (χ1v) is 14.0. The maximum Gasteiger partial charge on any atom is 0.242 e.